The van der Waals surface area contributed by atoms with Crippen LogP contribution in [0.4, 0.5) is 10.5 Å². The molecule has 2 unspecified atom stereocenters. The molecule has 2 fully saturated rings. The molecule has 1 aliphatic heterocycles. The van der Waals surface area contributed by atoms with E-state index in [1.807, 2.05) is 17.9 Å². The zero-order chi connectivity index (χ0) is 14.9. The highest BCUT2D eigenvalue weighted by Crippen LogP contribution is 2.39. The van der Waals surface area contributed by atoms with Gasteiger partial charge in [-0.25, -0.2) is 4.79 Å². The van der Waals surface area contributed by atoms with Crippen molar-refractivity contribution < 1.29 is 9.90 Å². The van der Waals surface area contributed by atoms with Crippen LogP contribution in [0.5, 0.6) is 0 Å². The minimum Gasteiger partial charge on any atom is -0.389 e. The topological polar surface area (TPSA) is 65.5 Å². The molecule has 1 saturated heterocycles. The molecule has 1 aliphatic carbocycles. The maximum Gasteiger partial charge on any atom is 0.321 e. The van der Waals surface area contributed by atoms with Gasteiger partial charge in [-0.1, -0.05) is 12.8 Å². The first-order valence-electron chi connectivity index (χ1n) is 7.78. The van der Waals surface area contributed by atoms with E-state index in [0.717, 1.165) is 37.1 Å². The van der Waals surface area contributed by atoms with Gasteiger partial charge >= 0.3 is 6.03 Å². The van der Waals surface area contributed by atoms with E-state index in [2.05, 4.69) is 10.3 Å². The molecule has 1 saturated carbocycles. The second-order valence-corrected chi connectivity index (χ2v) is 6.36. The minimum atomic E-state index is -0.539. The Hall–Kier alpha value is -1.62. The fraction of sp³-hybridized carbons (Fsp3) is 0.625. The number of aliphatic hydroxyl groups is 1. The number of carbonyl (C=O) groups is 1. The first-order valence-corrected chi connectivity index (χ1v) is 7.78. The van der Waals surface area contributed by atoms with E-state index >= 15 is 0 Å². The molecule has 21 heavy (non-hydrogen) atoms. The van der Waals surface area contributed by atoms with Crippen LogP contribution in [0.15, 0.2) is 18.3 Å². The predicted octanol–water partition coefficient (Wildman–Crippen LogP) is 2.55. The fourth-order valence-corrected chi connectivity index (χ4v) is 3.58. The van der Waals surface area contributed by atoms with Crippen LogP contribution in [-0.4, -0.2) is 39.7 Å². The highest BCUT2D eigenvalue weighted by atomic mass is 16.3. The van der Waals surface area contributed by atoms with Crippen LogP contribution < -0.4 is 5.32 Å². The van der Waals surface area contributed by atoms with Gasteiger partial charge in [0.05, 0.1) is 5.60 Å². The number of hydrogen-bond donors (Lipinski definition) is 2. The number of aryl methyl sites for hydroxylation is 1. The van der Waals surface area contributed by atoms with Crippen molar-refractivity contribution in [3.8, 4) is 0 Å². The standard InChI is InChI=1S/C16H23N3O2/c1-12-10-14(5-8-17-12)18-15(20)19-9-7-16(21)6-3-2-4-13(16)11-19/h5,8,10,13,21H,2-4,6-7,9,11H2,1H3,(H,17,18,20). The lowest BCUT2D eigenvalue weighted by Gasteiger charge is -2.47. The third-order valence-corrected chi connectivity index (χ3v) is 4.86. The summed E-state index contributed by atoms with van der Waals surface area (Å²) in [6.07, 6.45) is 6.56. The van der Waals surface area contributed by atoms with E-state index < -0.39 is 5.60 Å². The van der Waals surface area contributed by atoms with Gasteiger partial charge < -0.3 is 15.3 Å². The van der Waals surface area contributed by atoms with Crippen molar-refractivity contribution >= 4 is 11.7 Å². The number of pyridine rings is 1. The number of anilines is 1. The molecule has 3 rings (SSSR count). The van der Waals surface area contributed by atoms with Crippen molar-refractivity contribution in [2.75, 3.05) is 18.4 Å². The monoisotopic (exact) mass is 289 g/mol. The number of carbonyl (C=O) groups excluding carboxylic acids is 1. The molecule has 0 aromatic carbocycles. The largest absolute Gasteiger partial charge is 0.389 e. The summed E-state index contributed by atoms with van der Waals surface area (Å²) in [5.74, 6) is 0.227. The van der Waals surface area contributed by atoms with Gasteiger partial charge in [0, 0.05) is 36.6 Å². The number of hydrogen-bond acceptors (Lipinski definition) is 3. The third kappa shape index (κ3) is 3.02. The van der Waals surface area contributed by atoms with Crippen LogP contribution in [0.3, 0.4) is 0 Å². The third-order valence-electron chi connectivity index (χ3n) is 4.86. The van der Waals surface area contributed by atoms with E-state index in [1.54, 1.807) is 12.3 Å². The molecule has 2 atom stereocenters. The van der Waals surface area contributed by atoms with Crippen molar-refractivity contribution in [3.63, 3.8) is 0 Å². The Labute approximate surface area is 125 Å². The second kappa shape index (κ2) is 5.64. The lowest BCUT2D eigenvalue weighted by molar-refractivity contribution is -0.0863. The van der Waals surface area contributed by atoms with Gasteiger partial charge in [-0.05, 0) is 38.3 Å². The molecule has 0 spiro atoms. The van der Waals surface area contributed by atoms with Crippen LogP contribution in [-0.2, 0) is 0 Å². The van der Waals surface area contributed by atoms with Crippen molar-refractivity contribution in [3.05, 3.63) is 24.0 Å². The summed E-state index contributed by atoms with van der Waals surface area (Å²) in [4.78, 5) is 18.3. The van der Waals surface area contributed by atoms with Crippen molar-refractivity contribution in [2.45, 2.75) is 44.6 Å². The quantitative estimate of drug-likeness (QED) is 0.835. The Balaban J connectivity index is 1.64. The zero-order valence-electron chi connectivity index (χ0n) is 12.5. The molecule has 0 radical (unpaired) electrons. The van der Waals surface area contributed by atoms with Crippen LogP contribution >= 0.6 is 0 Å². The molecule has 0 bridgehead atoms. The Morgan fingerprint density at radius 3 is 3.14 bits per heavy atom. The molecular weight excluding hydrogens is 266 g/mol. The van der Waals surface area contributed by atoms with E-state index in [0.29, 0.717) is 19.5 Å². The molecule has 1 aromatic rings. The molecule has 5 nitrogen and oxygen atoms in total. The fourth-order valence-electron chi connectivity index (χ4n) is 3.58. The summed E-state index contributed by atoms with van der Waals surface area (Å²) in [6, 6.07) is 3.58. The smallest absolute Gasteiger partial charge is 0.321 e. The first-order chi connectivity index (χ1) is 10.1. The molecule has 2 heterocycles. The van der Waals surface area contributed by atoms with Crippen molar-refractivity contribution in [1.82, 2.24) is 9.88 Å². The summed E-state index contributed by atoms with van der Waals surface area (Å²) in [5.41, 5.74) is 1.12. The Morgan fingerprint density at radius 2 is 2.33 bits per heavy atom. The van der Waals surface area contributed by atoms with E-state index in [4.69, 9.17) is 0 Å². The van der Waals surface area contributed by atoms with Crippen LogP contribution in [0.25, 0.3) is 0 Å². The lowest BCUT2D eigenvalue weighted by Crippen LogP contribution is -2.55. The Bertz CT molecular complexity index is 534. The van der Waals surface area contributed by atoms with Gasteiger partial charge in [0.2, 0.25) is 0 Å². The van der Waals surface area contributed by atoms with E-state index in [-0.39, 0.29) is 11.9 Å². The summed E-state index contributed by atoms with van der Waals surface area (Å²) in [7, 11) is 0. The van der Waals surface area contributed by atoms with Gasteiger partial charge in [-0.3, -0.25) is 4.98 Å². The van der Waals surface area contributed by atoms with E-state index in [9.17, 15) is 9.90 Å². The predicted molar refractivity (Wildman–Crippen MR) is 81.1 cm³/mol. The summed E-state index contributed by atoms with van der Waals surface area (Å²) < 4.78 is 0. The second-order valence-electron chi connectivity index (χ2n) is 6.36. The number of nitrogens with zero attached hydrogens (tertiary/aromatic N) is 2. The van der Waals surface area contributed by atoms with Gasteiger partial charge in [0.15, 0.2) is 0 Å². The van der Waals surface area contributed by atoms with Crippen LogP contribution in [0, 0.1) is 12.8 Å². The number of piperidine rings is 1. The molecular formula is C16H23N3O2. The normalized spacial score (nSPS) is 28.9. The number of urea groups is 1. The average molecular weight is 289 g/mol. The van der Waals surface area contributed by atoms with Gasteiger partial charge in [-0.15, -0.1) is 0 Å². The van der Waals surface area contributed by atoms with Gasteiger partial charge in [0.25, 0.3) is 0 Å². The van der Waals surface area contributed by atoms with Crippen LogP contribution in [0.1, 0.15) is 37.8 Å². The SMILES string of the molecule is Cc1cc(NC(=O)N2CCC3(O)CCCCC3C2)ccn1. The highest BCUT2D eigenvalue weighted by molar-refractivity contribution is 5.89. The van der Waals surface area contributed by atoms with E-state index in [1.165, 1.54) is 0 Å². The van der Waals surface area contributed by atoms with Crippen molar-refractivity contribution in [1.29, 1.82) is 0 Å². The average Bonchev–Trinajstić information content (AvgIpc) is 2.46. The van der Waals surface area contributed by atoms with Gasteiger partial charge in [0.1, 0.15) is 0 Å². The summed E-state index contributed by atoms with van der Waals surface area (Å²) >= 11 is 0. The maximum absolute atomic E-state index is 12.4. The summed E-state index contributed by atoms with van der Waals surface area (Å²) in [5, 5.41) is 13.6. The number of aromatic nitrogens is 1. The first kappa shape index (κ1) is 14.3. The minimum absolute atomic E-state index is 0.0757. The zero-order valence-corrected chi connectivity index (χ0v) is 12.5. The molecule has 2 amide bonds. The molecule has 1 aromatic heterocycles. The Morgan fingerprint density at radius 1 is 1.48 bits per heavy atom. The van der Waals surface area contributed by atoms with Crippen molar-refractivity contribution in [2.24, 2.45) is 5.92 Å². The molecule has 2 aliphatic rings. The molecule has 114 valence electrons. The molecule has 5 heteroatoms. The maximum atomic E-state index is 12.4. The summed E-state index contributed by atoms with van der Waals surface area (Å²) in [6.45, 7) is 3.19. The molecule has 2 N–H and O–H groups in total. The highest BCUT2D eigenvalue weighted by Gasteiger charge is 2.43. The Kier molecular flexibility index (Phi) is 3.85. The van der Waals surface area contributed by atoms with Crippen LogP contribution in [0.2, 0.25) is 0 Å². The number of amides is 2. The number of nitrogens with one attached hydrogen (secondary N) is 1. The van der Waals surface area contributed by atoms with Gasteiger partial charge in [-0.2, -0.15) is 0 Å². The number of fused-ring (bicyclic) bond motifs is 1. The lowest BCUT2D eigenvalue weighted by atomic mass is 9.71. The number of likely N-dealkylation sites (tertiary alicyclic amines) is 1. The number of rotatable bonds is 1.